The summed E-state index contributed by atoms with van der Waals surface area (Å²) in [4.78, 5) is 5.75. The van der Waals surface area contributed by atoms with E-state index in [1.807, 2.05) is 12.1 Å². The molecule has 0 amide bonds. The maximum Gasteiger partial charge on any atom is 0.0471 e. The number of likely N-dealkylation sites (N-methyl/N-ethyl adjacent to an activating group) is 1. The van der Waals surface area contributed by atoms with E-state index >= 15 is 0 Å². The summed E-state index contributed by atoms with van der Waals surface area (Å²) in [6.07, 6.45) is 3.19. The summed E-state index contributed by atoms with van der Waals surface area (Å²) in [6, 6.07) is 6.64. The Bertz CT molecular complexity index is 549. The van der Waals surface area contributed by atoms with Crippen LogP contribution in [0.5, 0.6) is 0 Å². The summed E-state index contributed by atoms with van der Waals surface area (Å²) in [6.45, 7) is 3.28. The Morgan fingerprint density at radius 1 is 1.44 bits per heavy atom. The number of benzene rings is 1. The van der Waals surface area contributed by atoms with E-state index in [0.29, 0.717) is 6.04 Å². The van der Waals surface area contributed by atoms with Crippen molar-refractivity contribution >= 4 is 22.5 Å². The fourth-order valence-corrected chi connectivity index (χ4v) is 2.84. The second-order valence-electron chi connectivity index (χ2n) is 5.05. The van der Waals surface area contributed by atoms with Crippen molar-refractivity contribution < 1.29 is 0 Å². The number of piperazine rings is 1. The average molecular weight is 264 g/mol. The lowest BCUT2D eigenvalue weighted by molar-refractivity contribution is 0.199. The van der Waals surface area contributed by atoms with E-state index in [2.05, 4.69) is 34.5 Å². The van der Waals surface area contributed by atoms with Gasteiger partial charge in [-0.05, 0) is 31.2 Å². The number of hydrogen-bond acceptors (Lipinski definition) is 2. The van der Waals surface area contributed by atoms with Gasteiger partial charge in [-0.2, -0.15) is 0 Å². The van der Waals surface area contributed by atoms with Crippen molar-refractivity contribution in [2.24, 2.45) is 0 Å². The van der Waals surface area contributed by atoms with E-state index in [-0.39, 0.29) is 0 Å². The Hall–Kier alpha value is -1.03. The lowest BCUT2D eigenvalue weighted by Gasteiger charge is -2.33. The fraction of sp³-hybridized carbons (Fsp3) is 0.429. The SMILES string of the molecule is CN1CCNCC1Cc1c[nH]c2cc(Cl)ccc12. The van der Waals surface area contributed by atoms with Gasteiger partial charge in [0, 0.05) is 47.8 Å². The summed E-state index contributed by atoms with van der Waals surface area (Å²) in [5, 5.41) is 5.54. The van der Waals surface area contributed by atoms with Crippen LogP contribution in [0.2, 0.25) is 5.02 Å². The molecule has 2 heterocycles. The first-order chi connectivity index (χ1) is 8.74. The fourth-order valence-electron chi connectivity index (χ4n) is 2.67. The molecular weight excluding hydrogens is 246 g/mol. The number of nitrogens with one attached hydrogen (secondary N) is 2. The standard InChI is InChI=1S/C14H18ClN3/c1-18-5-4-16-9-12(18)6-10-8-17-14-7-11(15)2-3-13(10)14/h2-3,7-8,12,16-17H,4-6,9H2,1H3. The number of H-pyrrole nitrogens is 1. The average Bonchev–Trinajstić information content (AvgIpc) is 2.74. The molecule has 3 nitrogen and oxygen atoms in total. The molecule has 2 aromatic rings. The summed E-state index contributed by atoms with van der Waals surface area (Å²) < 4.78 is 0. The molecular formula is C14H18ClN3. The molecule has 0 saturated carbocycles. The molecule has 96 valence electrons. The van der Waals surface area contributed by atoms with Crippen molar-refractivity contribution in [1.82, 2.24) is 15.2 Å². The van der Waals surface area contributed by atoms with Gasteiger partial charge in [0.05, 0.1) is 0 Å². The van der Waals surface area contributed by atoms with Gasteiger partial charge < -0.3 is 15.2 Å². The van der Waals surface area contributed by atoms with Crippen LogP contribution in [-0.2, 0) is 6.42 Å². The number of hydrogen-bond donors (Lipinski definition) is 2. The molecule has 0 aliphatic carbocycles. The topological polar surface area (TPSA) is 31.1 Å². The van der Waals surface area contributed by atoms with Crippen LogP contribution in [0.4, 0.5) is 0 Å². The second-order valence-corrected chi connectivity index (χ2v) is 5.48. The van der Waals surface area contributed by atoms with Crippen molar-refractivity contribution in [2.45, 2.75) is 12.5 Å². The first-order valence-electron chi connectivity index (χ1n) is 6.40. The molecule has 0 spiro atoms. The summed E-state index contributed by atoms with van der Waals surface area (Å²) in [5.74, 6) is 0. The van der Waals surface area contributed by atoms with Gasteiger partial charge >= 0.3 is 0 Å². The molecule has 1 saturated heterocycles. The minimum absolute atomic E-state index is 0.577. The Labute approximate surface area is 112 Å². The largest absolute Gasteiger partial charge is 0.361 e. The van der Waals surface area contributed by atoms with Gasteiger partial charge in [0.1, 0.15) is 0 Å². The van der Waals surface area contributed by atoms with Crippen LogP contribution < -0.4 is 5.32 Å². The van der Waals surface area contributed by atoms with Crippen molar-refractivity contribution in [3.8, 4) is 0 Å². The highest BCUT2D eigenvalue weighted by atomic mass is 35.5. The molecule has 4 heteroatoms. The van der Waals surface area contributed by atoms with Crippen LogP contribution in [0.15, 0.2) is 24.4 Å². The van der Waals surface area contributed by atoms with Gasteiger partial charge in [-0.1, -0.05) is 17.7 Å². The van der Waals surface area contributed by atoms with Crippen molar-refractivity contribution in [1.29, 1.82) is 0 Å². The summed E-state index contributed by atoms with van der Waals surface area (Å²) in [5.41, 5.74) is 2.51. The Kier molecular flexibility index (Phi) is 3.29. The predicted octanol–water partition coefficient (Wildman–Crippen LogP) is 2.27. The molecule has 1 aliphatic heterocycles. The minimum Gasteiger partial charge on any atom is -0.361 e. The molecule has 1 atom stereocenters. The van der Waals surface area contributed by atoms with E-state index < -0.39 is 0 Å². The van der Waals surface area contributed by atoms with E-state index in [0.717, 1.165) is 36.6 Å². The molecule has 1 aliphatic rings. The summed E-state index contributed by atoms with van der Waals surface area (Å²) >= 11 is 6.00. The van der Waals surface area contributed by atoms with Gasteiger partial charge in [-0.15, -0.1) is 0 Å². The summed E-state index contributed by atoms with van der Waals surface area (Å²) in [7, 11) is 2.21. The number of rotatable bonds is 2. The quantitative estimate of drug-likeness (QED) is 0.871. The smallest absolute Gasteiger partial charge is 0.0471 e. The maximum atomic E-state index is 6.00. The molecule has 1 unspecified atom stereocenters. The zero-order valence-electron chi connectivity index (χ0n) is 10.5. The zero-order chi connectivity index (χ0) is 12.5. The lowest BCUT2D eigenvalue weighted by atomic mass is 10.0. The third kappa shape index (κ3) is 2.26. The second kappa shape index (κ2) is 4.92. The normalized spacial score (nSPS) is 21.6. The van der Waals surface area contributed by atoms with E-state index in [9.17, 15) is 0 Å². The highest BCUT2D eigenvalue weighted by Gasteiger charge is 2.19. The van der Waals surface area contributed by atoms with Crippen LogP contribution in [-0.4, -0.2) is 42.6 Å². The Morgan fingerprint density at radius 3 is 3.17 bits per heavy atom. The third-order valence-electron chi connectivity index (χ3n) is 3.83. The molecule has 0 bridgehead atoms. The highest BCUT2D eigenvalue weighted by molar-refractivity contribution is 6.31. The molecule has 3 rings (SSSR count). The van der Waals surface area contributed by atoms with Crippen molar-refractivity contribution in [2.75, 3.05) is 26.7 Å². The van der Waals surface area contributed by atoms with Crippen molar-refractivity contribution in [3.05, 3.63) is 35.0 Å². The van der Waals surface area contributed by atoms with Gasteiger partial charge in [0.15, 0.2) is 0 Å². The molecule has 1 aromatic carbocycles. The molecule has 2 N–H and O–H groups in total. The Balaban J connectivity index is 1.86. The van der Waals surface area contributed by atoms with Crippen LogP contribution >= 0.6 is 11.6 Å². The molecule has 1 fully saturated rings. The number of aromatic nitrogens is 1. The molecule has 18 heavy (non-hydrogen) atoms. The highest BCUT2D eigenvalue weighted by Crippen LogP contribution is 2.23. The van der Waals surface area contributed by atoms with Gasteiger partial charge in [0.25, 0.3) is 0 Å². The zero-order valence-corrected chi connectivity index (χ0v) is 11.3. The number of halogens is 1. The first kappa shape index (κ1) is 12.0. The van der Waals surface area contributed by atoms with E-state index in [4.69, 9.17) is 11.6 Å². The number of nitrogens with zero attached hydrogens (tertiary/aromatic N) is 1. The van der Waals surface area contributed by atoms with Crippen LogP contribution in [0.1, 0.15) is 5.56 Å². The van der Waals surface area contributed by atoms with E-state index in [1.165, 1.54) is 10.9 Å². The Morgan fingerprint density at radius 2 is 2.33 bits per heavy atom. The van der Waals surface area contributed by atoms with Gasteiger partial charge in [-0.3, -0.25) is 0 Å². The molecule has 0 radical (unpaired) electrons. The molecule has 1 aromatic heterocycles. The van der Waals surface area contributed by atoms with Crippen LogP contribution in [0.25, 0.3) is 10.9 Å². The third-order valence-corrected chi connectivity index (χ3v) is 4.06. The van der Waals surface area contributed by atoms with Crippen LogP contribution in [0, 0.1) is 0 Å². The minimum atomic E-state index is 0.577. The van der Waals surface area contributed by atoms with Gasteiger partial charge in [-0.25, -0.2) is 0 Å². The monoisotopic (exact) mass is 263 g/mol. The van der Waals surface area contributed by atoms with E-state index in [1.54, 1.807) is 0 Å². The maximum absolute atomic E-state index is 6.00. The number of fused-ring (bicyclic) bond motifs is 1. The van der Waals surface area contributed by atoms with Crippen LogP contribution in [0.3, 0.4) is 0 Å². The predicted molar refractivity (Wildman–Crippen MR) is 76.3 cm³/mol. The lowest BCUT2D eigenvalue weighted by Crippen LogP contribution is -2.50. The first-order valence-corrected chi connectivity index (χ1v) is 6.78. The number of aromatic amines is 1. The van der Waals surface area contributed by atoms with Gasteiger partial charge in [0.2, 0.25) is 0 Å². The van der Waals surface area contributed by atoms with Crippen molar-refractivity contribution in [3.63, 3.8) is 0 Å².